The van der Waals surface area contributed by atoms with Crippen molar-refractivity contribution in [3.63, 3.8) is 0 Å². The van der Waals surface area contributed by atoms with Crippen LogP contribution in [0.4, 0.5) is 0 Å². The summed E-state index contributed by atoms with van der Waals surface area (Å²) in [5, 5.41) is 2.11. The molecule has 0 aromatic carbocycles. The molecule has 76 valence electrons. The standard InChI is InChI=1S/C9H13N3OS/c1-6-5-14-9-11-7(2)8(12(6)9)4-10-13-3/h5,10H,4H2,1-3H3. The van der Waals surface area contributed by atoms with Gasteiger partial charge in [-0.15, -0.1) is 11.3 Å². The summed E-state index contributed by atoms with van der Waals surface area (Å²) >= 11 is 1.67. The minimum Gasteiger partial charge on any atom is -0.305 e. The average Bonchev–Trinajstić information content (AvgIpc) is 2.64. The third-order valence-electron chi connectivity index (χ3n) is 2.21. The number of thiazole rings is 1. The average molecular weight is 211 g/mol. The van der Waals surface area contributed by atoms with Crippen LogP contribution in [0.3, 0.4) is 0 Å². The molecule has 0 spiro atoms. The molecule has 0 aliphatic carbocycles. The summed E-state index contributed by atoms with van der Waals surface area (Å²) < 4.78 is 2.16. The van der Waals surface area contributed by atoms with Gasteiger partial charge in [-0.1, -0.05) is 0 Å². The topological polar surface area (TPSA) is 38.6 Å². The van der Waals surface area contributed by atoms with Gasteiger partial charge >= 0.3 is 0 Å². The lowest BCUT2D eigenvalue weighted by Gasteiger charge is -2.02. The Balaban J connectivity index is 2.48. The summed E-state index contributed by atoms with van der Waals surface area (Å²) in [6.45, 7) is 4.79. The Bertz CT molecular complexity index is 446. The van der Waals surface area contributed by atoms with Crippen LogP contribution in [0.5, 0.6) is 0 Å². The van der Waals surface area contributed by atoms with Crippen LogP contribution in [-0.2, 0) is 11.4 Å². The van der Waals surface area contributed by atoms with E-state index in [0.717, 1.165) is 10.7 Å². The minimum atomic E-state index is 0.682. The number of hydrogen-bond donors (Lipinski definition) is 1. The second-order valence-electron chi connectivity index (χ2n) is 3.16. The lowest BCUT2D eigenvalue weighted by Crippen LogP contribution is -2.13. The first kappa shape index (κ1) is 9.64. The predicted molar refractivity (Wildman–Crippen MR) is 56.4 cm³/mol. The Morgan fingerprint density at radius 3 is 3.07 bits per heavy atom. The third kappa shape index (κ3) is 1.43. The summed E-state index contributed by atoms with van der Waals surface area (Å²) in [7, 11) is 1.62. The van der Waals surface area contributed by atoms with Crippen LogP contribution in [0.1, 0.15) is 17.1 Å². The molecule has 0 radical (unpaired) electrons. The third-order valence-corrected chi connectivity index (χ3v) is 3.16. The highest BCUT2D eigenvalue weighted by Crippen LogP contribution is 2.20. The molecule has 0 amide bonds. The second-order valence-corrected chi connectivity index (χ2v) is 4.00. The molecule has 0 bridgehead atoms. The lowest BCUT2D eigenvalue weighted by molar-refractivity contribution is 0.0855. The van der Waals surface area contributed by atoms with Crippen LogP contribution in [-0.4, -0.2) is 16.5 Å². The Morgan fingerprint density at radius 2 is 2.36 bits per heavy atom. The van der Waals surface area contributed by atoms with E-state index in [4.69, 9.17) is 4.84 Å². The minimum absolute atomic E-state index is 0.682. The second kappa shape index (κ2) is 3.68. The summed E-state index contributed by atoms with van der Waals surface area (Å²) in [6.07, 6.45) is 0. The zero-order valence-electron chi connectivity index (χ0n) is 8.50. The van der Waals surface area contributed by atoms with E-state index < -0.39 is 0 Å². The maximum Gasteiger partial charge on any atom is 0.194 e. The Kier molecular flexibility index (Phi) is 2.54. The van der Waals surface area contributed by atoms with Gasteiger partial charge in [-0.25, -0.2) is 4.98 Å². The smallest absolute Gasteiger partial charge is 0.194 e. The van der Waals surface area contributed by atoms with E-state index in [0.29, 0.717) is 6.54 Å². The van der Waals surface area contributed by atoms with Crippen molar-refractivity contribution in [2.45, 2.75) is 20.4 Å². The summed E-state index contributed by atoms with van der Waals surface area (Å²) in [5.74, 6) is 0. The van der Waals surface area contributed by atoms with E-state index >= 15 is 0 Å². The van der Waals surface area contributed by atoms with Gasteiger partial charge in [0.05, 0.1) is 25.0 Å². The molecule has 0 aliphatic rings. The van der Waals surface area contributed by atoms with Crippen molar-refractivity contribution < 1.29 is 4.84 Å². The number of nitrogens with one attached hydrogen (secondary N) is 1. The lowest BCUT2D eigenvalue weighted by atomic mass is 10.3. The van der Waals surface area contributed by atoms with E-state index in [1.807, 2.05) is 6.92 Å². The number of imidazole rings is 1. The fourth-order valence-electron chi connectivity index (χ4n) is 1.52. The number of aryl methyl sites for hydroxylation is 2. The number of rotatable bonds is 3. The molecule has 5 heteroatoms. The molecule has 0 atom stereocenters. The molecular formula is C9H13N3OS. The van der Waals surface area contributed by atoms with Gasteiger partial charge in [0.2, 0.25) is 0 Å². The van der Waals surface area contributed by atoms with Crippen molar-refractivity contribution in [2.24, 2.45) is 0 Å². The summed E-state index contributed by atoms with van der Waals surface area (Å²) in [6, 6.07) is 0. The van der Waals surface area contributed by atoms with Crippen molar-refractivity contribution in [3.05, 3.63) is 22.5 Å². The van der Waals surface area contributed by atoms with Gasteiger partial charge in [0.1, 0.15) is 0 Å². The molecular weight excluding hydrogens is 198 g/mol. The first-order valence-corrected chi connectivity index (χ1v) is 5.30. The Morgan fingerprint density at radius 1 is 1.57 bits per heavy atom. The predicted octanol–water partition coefficient (Wildman–Crippen LogP) is 1.66. The highest BCUT2D eigenvalue weighted by molar-refractivity contribution is 7.15. The molecule has 0 unspecified atom stereocenters. The number of hydroxylamine groups is 1. The van der Waals surface area contributed by atoms with Crippen molar-refractivity contribution in [2.75, 3.05) is 7.11 Å². The van der Waals surface area contributed by atoms with Crippen LogP contribution in [0.2, 0.25) is 0 Å². The van der Waals surface area contributed by atoms with E-state index in [1.54, 1.807) is 18.4 Å². The van der Waals surface area contributed by atoms with E-state index in [9.17, 15) is 0 Å². The zero-order chi connectivity index (χ0) is 10.1. The van der Waals surface area contributed by atoms with E-state index in [2.05, 4.69) is 27.2 Å². The highest BCUT2D eigenvalue weighted by atomic mass is 32.1. The first-order valence-electron chi connectivity index (χ1n) is 4.42. The molecule has 0 aliphatic heterocycles. The molecule has 2 heterocycles. The van der Waals surface area contributed by atoms with Gasteiger partial charge in [-0.3, -0.25) is 4.40 Å². The molecule has 2 rings (SSSR count). The summed E-state index contributed by atoms with van der Waals surface area (Å²) in [5.41, 5.74) is 6.29. The number of aromatic nitrogens is 2. The maximum absolute atomic E-state index is 4.85. The molecule has 1 N–H and O–H groups in total. The number of fused-ring (bicyclic) bond motifs is 1. The molecule has 2 aromatic heterocycles. The number of nitrogens with zero attached hydrogens (tertiary/aromatic N) is 2. The van der Waals surface area contributed by atoms with Gasteiger partial charge in [-0.2, -0.15) is 5.48 Å². The molecule has 0 saturated carbocycles. The molecule has 0 fully saturated rings. The highest BCUT2D eigenvalue weighted by Gasteiger charge is 2.11. The van der Waals surface area contributed by atoms with E-state index in [-0.39, 0.29) is 0 Å². The summed E-state index contributed by atoms with van der Waals surface area (Å²) in [4.78, 5) is 10.4. The van der Waals surface area contributed by atoms with Crippen LogP contribution >= 0.6 is 11.3 Å². The van der Waals surface area contributed by atoms with Gasteiger partial charge in [0.25, 0.3) is 0 Å². The van der Waals surface area contributed by atoms with Crippen molar-refractivity contribution >= 4 is 16.3 Å². The van der Waals surface area contributed by atoms with Crippen molar-refractivity contribution in [3.8, 4) is 0 Å². The zero-order valence-corrected chi connectivity index (χ0v) is 9.31. The van der Waals surface area contributed by atoms with Gasteiger partial charge in [0.15, 0.2) is 4.96 Å². The first-order chi connectivity index (χ1) is 6.74. The van der Waals surface area contributed by atoms with Crippen molar-refractivity contribution in [1.82, 2.24) is 14.9 Å². The van der Waals surface area contributed by atoms with E-state index in [1.165, 1.54) is 11.4 Å². The van der Waals surface area contributed by atoms with Crippen LogP contribution in [0.15, 0.2) is 5.38 Å². The Labute approximate surface area is 86.5 Å². The molecule has 4 nitrogen and oxygen atoms in total. The largest absolute Gasteiger partial charge is 0.305 e. The number of hydrogen-bond acceptors (Lipinski definition) is 4. The van der Waals surface area contributed by atoms with Crippen molar-refractivity contribution in [1.29, 1.82) is 0 Å². The monoisotopic (exact) mass is 211 g/mol. The molecule has 0 saturated heterocycles. The Hall–Kier alpha value is -0.910. The SMILES string of the molecule is CONCc1c(C)nc2scc(C)n12. The molecule has 2 aromatic rings. The van der Waals surface area contributed by atoms with Crippen LogP contribution in [0, 0.1) is 13.8 Å². The van der Waals surface area contributed by atoms with Gasteiger partial charge in [-0.05, 0) is 13.8 Å². The maximum atomic E-state index is 4.85. The van der Waals surface area contributed by atoms with Crippen LogP contribution in [0.25, 0.3) is 4.96 Å². The fourth-order valence-corrected chi connectivity index (χ4v) is 2.45. The normalized spacial score (nSPS) is 11.4. The molecule has 14 heavy (non-hydrogen) atoms. The fraction of sp³-hybridized carbons (Fsp3) is 0.444. The van der Waals surface area contributed by atoms with Gasteiger partial charge < -0.3 is 4.84 Å². The van der Waals surface area contributed by atoms with Gasteiger partial charge in [0, 0.05) is 11.1 Å². The van der Waals surface area contributed by atoms with Crippen LogP contribution < -0.4 is 5.48 Å². The quantitative estimate of drug-likeness (QED) is 0.785.